The summed E-state index contributed by atoms with van der Waals surface area (Å²) in [5, 5.41) is 0. The molecule has 0 spiro atoms. The molecule has 2 aromatic carbocycles. The number of aryl methyl sites for hydroxylation is 2. The molecule has 2 saturated heterocycles. The van der Waals surface area contributed by atoms with Crippen LogP contribution >= 0.6 is 0 Å². The Hall–Kier alpha value is -3.74. The van der Waals surface area contributed by atoms with Crippen LogP contribution in [-0.2, 0) is 19.2 Å². The van der Waals surface area contributed by atoms with Crippen molar-refractivity contribution >= 4 is 35.1 Å². The van der Waals surface area contributed by atoms with Crippen molar-refractivity contribution in [2.24, 2.45) is 41.4 Å². The van der Waals surface area contributed by atoms with Crippen LogP contribution in [0.4, 0.5) is 11.4 Å². The number of esters is 1. The number of amides is 3. The fourth-order valence-electron chi connectivity index (χ4n) is 7.30. The number of carbonyl (C=O) groups excluding carboxylic acids is 4. The van der Waals surface area contributed by atoms with Gasteiger partial charge in [-0.25, -0.2) is 0 Å². The Labute approximate surface area is 215 Å². The van der Waals surface area contributed by atoms with Crippen LogP contribution in [0.25, 0.3) is 0 Å². The van der Waals surface area contributed by atoms with Crippen LogP contribution in [0.5, 0.6) is 5.75 Å². The van der Waals surface area contributed by atoms with E-state index in [2.05, 4.69) is 12.2 Å². The third-order valence-electron chi connectivity index (χ3n) is 8.95. The minimum atomic E-state index is -0.563. The second kappa shape index (κ2) is 7.88. The van der Waals surface area contributed by atoms with Gasteiger partial charge in [-0.2, -0.15) is 0 Å². The number of imide groups is 1. The first-order valence-electron chi connectivity index (χ1n) is 13.1. The van der Waals surface area contributed by atoms with E-state index in [0.717, 1.165) is 23.2 Å². The lowest BCUT2D eigenvalue weighted by Gasteiger charge is -2.37. The van der Waals surface area contributed by atoms with Gasteiger partial charge in [-0.1, -0.05) is 18.2 Å². The Morgan fingerprint density at radius 2 is 1.43 bits per heavy atom. The molecule has 37 heavy (non-hydrogen) atoms. The van der Waals surface area contributed by atoms with E-state index < -0.39 is 11.9 Å². The van der Waals surface area contributed by atoms with Crippen LogP contribution in [0.2, 0.25) is 0 Å². The molecule has 6 aliphatic rings. The first kappa shape index (κ1) is 22.5. The van der Waals surface area contributed by atoms with E-state index in [0.29, 0.717) is 23.3 Å². The third-order valence-corrected chi connectivity index (χ3v) is 8.95. The molecule has 4 fully saturated rings. The molecule has 0 aromatic heterocycles. The first-order valence-corrected chi connectivity index (χ1v) is 13.1. The predicted molar refractivity (Wildman–Crippen MR) is 136 cm³/mol. The first-order chi connectivity index (χ1) is 17.8. The molecular formula is C30H28N2O5. The maximum Gasteiger partial charge on any atom is 0.316 e. The van der Waals surface area contributed by atoms with Gasteiger partial charge in [-0.05, 0) is 91.5 Å². The summed E-state index contributed by atoms with van der Waals surface area (Å²) in [6.45, 7) is 4.23. The lowest BCUT2D eigenvalue weighted by molar-refractivity contribution is -0.139. The van der Waals surface area contributed by atoms with Gasteiger partial charge in [0.1, 0.15) is 5.75 Å². The lowest BCUT2D eigenvalue weighted by atomic mass is 9.63. The van der Waals surface area contributed by atoms with Crippen molar-refractivity contribution in [1.29, 1.82) is 0 Å². The zero-order valence-corrected chi connectivity index (χ0v) is 20.8. The molecule has 0 unspecified atom stereocenters. The summed E-state index contributed by atoms with van der Waals surface area (Å²) < 4.78 is 5.59. The smallest absolute Gasteiger partial charge is 0.316 e. The molecule has 7 atom stereocenters. The predicted octanol–water partition coefficient (Wildman–Crippen LogP) is 3.82. The summed E-state index contributed by atoms with van der Waals surface area (Å²) in [7, 11) is 0. The van der Waals surface area contributed by atoms with E-state index in [1.54, 1.807) is 29.2 Å². The minimum absolute atomic E-state index is 0.0990. The number of hydrogen-bond donors (Lipinski definition) is 0. The van der Waals surface area contributed by atoms with Crippen molar-refractivity contribution in [3.05, 3.63) is 65.7 Å². The molecule has 2 aliphatic heterocycles. The van der Waals surface area contributed by atoms with Gasteiger partial charge in [-0.15, -0.1) is 0 Å². The highest BCUT2D eigenvalue weighted by atomic mass is 16.5. The Morgan fingerprint density at radius 3 is 2.03 bits per heavy atom. The average Bonchev–Trinajstić information content (AvgIpc) is 3.54. The minimum Gasteiger partial charge on any atom is -0.426 e. The number of benzene rings is 2. The second-order valence-corrected chi connectivity index (χ2v) is 11.3. The molecule has 4 aliphatic carbocycles. The molecule has 0 N–H and O–H groups in total. The van der Waals surface area contributed by atoms with Crippen LogP contribution < -0.4 is 14.5 Å². The number of rotatable bonds is 4. The largest absolute Gasteiger partial charge is 0.426 e. The van der Waals surface area contributed by atoms with Gasteiger partial charge in [0, 0.05) is 18.7 Å². The van der Waals surface area contributed by atoms with Gasteiger partial charge in [0.25, 0.3) is 0 Å². The highest BCUT2D eigenvalue weighted by molar-refractivity contribution is 6.22. The van der Waals surface area contributed by atoms with Gasteiger partial charge in [0.15, 0.2) is 0 Å². The number of carbonyl (C=O) groups is 4. The topological polar surface area (TPSA) is 84.0 Å². The molecule has 0 radical (unpaired) electrons. The Kier molecular flexibility index (Phi) is 4.78. The van der Waals surface area contributed by atoms with Crippen molar-refractivity contribution in [1.82, 2.24) is 0 Å². The normalized spacial score (nSPS) is 33.1. The van der Waals surface area contributed by atoms with Crippen LogP contribution in [0.15, 0.2) is 54.6 Å². The quantitative estimate of drug-likeness (QED) is 0.278. The molecular weight excluding hydrogens is 468 g/mol. The van der Waals surface area contributed by atoms with Gasteiger partial charge in [0.05, 0.1) is 23.4 Å². The molecule has 7 nitrogen and oxygen atoms in total. The van der Waals surface area contributed by atoms with Crippen molar-refractivity contribution in [2.75, 3.05) is 16.3 Å². The highest BCUT2D eigenvalue weighted by Crippen LogP contribution is 2.65. The van der Waals surface area contributed by atoms with Gasteiger partial charge in [-0.3, -0.25) is 24.1 Å². The molecule has 8 rings (SSSR count). The molecule has 2 heterocycles. The summed E-state index contributed by atoms with van der Waals surface area (Å²) in [5.74, 6) is -0.0411. The maximum absolute atomic E-state index is 13.3. The summed E-state index contributed by atoms with van der Waals surface area (Å²) >= 11 is 0. The monoisotopic (exact) mass is 496 g/mol. The zero-order valence-electron chi connectivity index (χ0n) is 20.8. The zero-order chi connectivity index (χ0) is 25.6. The SMILES string of the molecule is Cc1cc(C)cc(N2C[C@H](C(=O)Oc3ccc(N4C(=O)[C@@H]5[C@H]6C=C[C@@H]([C@@H]7C[C@H]67)[C@H]5C4=O)cc3)CC2=O)c1. The van der Waals surface area contributed by atoms with E-state index in [4.69, 9.17) is 4.74 Å². The van der Waals surface area contributed by atoms with E-state index in [-0.39, 0.29) is 54.4 Å². The van der Waals surface area contributed by atoms with Gasteiger partial charge < -0.3 is 9.64 Å². The van der Waals surface area contributed by atoms with Crippen molar-refractivity contribution in [3.8, 4) is 5.75 Å². The van der Waals surface area contributed by atoms with E-state index in [1.807, 2.05) is 32.0 Å². The average molecular weight is 497 g/mol. The highest BCUT2D eigenvalue weighted by Gasteiger charge is 2.67. The summed E-state index contributed by atoms with van der Waals surface area (Å²) in [6, 6.07) is 12.5. The summed E-state index contributed by atoms with van der Waals surface area (Å²) in [4.78, 5) is 55.1. The number of allylic oxidation sites excluding steroid dienone is 2. The number of nitrogens with zero attached hydrogens (tertiary/aromatic N) is 2. The molecule has 3 amide bonds. The second-order valence-electron chi connectivity index (χ2n) is 11.3. The Morgan fingerprint density at radius 1 is 0.838 bits per heavy atom. The number of hydrogen-bond acceptors (Lipinski definition) is 5. The standard InChI is InChI=1S/C30H28N2O5/c1-15-9-16(2)11-19(10-15)31-14-17(12-25(31)33)30(36)37-20-5-3-18(4-6-20)32-28(34)26-21-7-8-22(24-13-23(21)24)27(26)29(32)35/h3-11,17,21-24,26-27H,12-14H2,1-2H3/t17-,21+,22+,23-,24+,26-,27-/m1/s1. The maximum atomic E-state index is 13.3. The number of ether oxygens (including phenoxy) is 1. The van der Waals surface area contributed by atoms with Gasteiger partial charge in [0.2, 0.25) is 17.7 Å². The summed E-state index contributed by atoms with van der Waals surface area (Å²) in [5.41, 5.74) is 3.42. The molecule has 2 aromatic rings. The fraction of sp³-hybridized carbons (Fsp3) is 0.400. The molecule has 2 saturated carbocycles. The van der Waals surface area contributed by atoms with Crippen molar-refractivity contribution in [3.63, 3.8) is 0 Å². The Bertz CT molecular complexity index is 1340. The molecule has 188 valence electrons. The summed E-state index contributed by atoms with van der Waals surface area (Å²) in [6.07, 6.45) is 5.55. The van der Waals surface area contributed by atoms with E-state index in [1.165, 1.54) is 4.90 Å². The number of anilines is 2. The van der Waals surface area contributed by atoms with Crippen LogP contribution in [-0.4, -0.2) is 30.2 Å². The lowest BCUT2D eigenvalue weighted by Crippen LogP contribution is -2.40. The van der Waals surface area contributed by atoms with Gasteiger partial charge >= 0.3 is 5.97 Å². The van der Waals surface area contributed by atoms with Crippen LogP contribution in [0.3, 0.4) is 0 Å². The van der Waals surface area contributed by atoms with E-state index in [9.17, 15) is 19.2 Å². The molecule has 7 heteroatoms. The fourth-order valence-corrected chi connectivity index (χ4v) is 7.30. The van der Waals surface area contributed by atoms with E-state index >= 15 is 0 Å². The van der Waals surface area contributed by atoms with Crippen LogP contribution in [0.1, 0.15) is 24.0 Å². The van der Waals surface area contributed by atoms with Crippen molar-refractivity contribution in [2.45, 2.75) is 26.7 Å². The van der Waals surface area contributed by atoms with Crippen molar-refractivity contribution < 1.29 is 23.9 Å². The third kappa shape index (κ3) is 3.40. The van der Waals surface area contributed by atoms with Crippen LogP contribution in [0, 0.1) is 55.3 Å². The Balaban J connectivity index is 1.04. The molecule has 2 bridgehead atoms.